The number of morpholine rings is 1. The van der Waals surface area contributed by atoms with Gasteiger partial charge < -0.3 is 9.64 Å². The van der Waals surface area contributed by atoms with Crippen LogP contribution in [0.1, 0.15) is 22.2 Å². The van der Waals surface area contributed by atoms with Gasteiger partial charge in [-0.25, -0.2) is 4.98 Å². The Hall–Kier alpha value is -2.11. The van der Waals surface area contributed by atoms with Gasteiger partial charge >= 0.3 is 6.18 Å². The average Bonchev–Trinajstić information content (AvgIpc) is 3.08. The number of thiophene rings is 1. The van der Waals surface area contributed by atoms with Crippen LogP contribution in [-0.4, -0.2) is 24.7 Å². The van der Waals surface area contributed by atoms with E-state index < -0.39 is 11.9 Å². The minimum absolute atomic E-state index is 0.0622. The number of hydrogen-bond donors (Lipinski definition) is 0. The first-order valence-electron chi connectivity index (χ1n) is 6.87. The van der Waals surface area contributed by atoms with Gasteiger partial charge in [0.2, 0.25) is 0 Å². The number of nitrogens with zero attached hydrogens (tertiary/aromatic N) is 3. The first-order chi connectivity index (χ1) is 11.0. The summed E-state index contributed by atoms with van der Waals surface area (Å²) in [5, 5.41) is 11.1. The smallest absolute Gasteiger partial charge is 0.369 e. The highest BCUT2D eigenvalue weighted by Crippen LogP contribution is 2.33. The van der Waals surface area contributed by atoms with Gasteiger partial charge in [0, 0.05) is 11.4 Å². The SMILES string of the molecule is N#Cc1ccc(C(F)(F)F)nc1N1CCOC(c2cccs2)C1. The van der Waals surface area contributed by atoms with Gasteiger partial charge in [-0.05, 0) is 23.6 Å². The zero-order valence-corrected chi connectivity index (χ0v) is 12.7. The fourth-order valence-corrected chi connectivity index (χ4v) is 3.19. The lowest BCUT2D eigenvalue weighted by atomic mass is 10.2. The number of nitriles is 1. The number of hydrogen-bond acceptors (Lipinski definition) is 5. The van der Waals surface area contributed by atoms with Crippen molar-refractivity contribution in [1.82, 2.24) is 4.98 Å². The van der Waals surface area contributed by atoms with Crippen molar-refractivity contribution >= 4 is 17.2 Å². The number of alkyl halides is 3. The van der Waals surface area contributed by atoms with Gasteiger partial charge in [-0.3, -0.25) is 0 Å². The van der Waals surface area contributed by atoms with E-state index in [1.54, 1.807) is 4.90 Å². The van der Waals surface area contributed by atoms with E-state index in [2.05, 4.69) is 4.98 Å². The molecule has 0 saturated carbocycles. The Balaban J connectivity index is 1.92. The Bertz CT molecular complexity index is 725. The maximum absolute atomic E-state index is 12.9. The second-order valence-corrected chi connectivity index (χ2v) is 5.98. The molecule has 8 heteroatoms. The molecule has 2 aromatic heterocycles. The summed E-state index contributed by atoms with van der Waals surface area (Å²) in [7, 11) is 0. The van der Waals surface area contributed by atoms with Gasteiger partial charge in [0.15, 0.2) is 0 Å². The summed E-state index contributed by atoms with van der Waals surface area (Å²) in [6.45, 7) is 1.12. The Morgan fingerprint density at radius 1 is 1.35 bits per heavy atom. The number of halogens is 3. The summed E-state index contributed by atoms with van der Waals surface area (Å²) in [6, 6.07) is 7.73. The van der Waals surface area contributed by atoms with Crippen LogP contribution in [0.2, 0.25) is 0 Å². The van der Waals surface area contributed by atoms with Crippen molar-refractivity contribution in [3.63, 3.8) is 0 Å². The van der Waals surface area contributed by atoms with Gasteiger partial charge in [-0.2, -0.15) is 18.4 Å². The van der Waals surface area contributed by atoms with E-state index >= 15 is 0 Å². The molecule has 23 heavy (non-hydrogen) atoms. The van der Waals surface area contributed by atoms with Crippen LogP contribution in [0, 0.1) is 11.3 Å². The lowest BCUT2D eigenvalue weighted by Crippen LogP contribution is -2.39. The van der Waals surface area contributed by atoms with Gasteiger partial charge in [-0.15, -0.1) is 11.3 Å². The van der Waals surface area contributed by atoms with Crippen LogP contribution in [0.3, 0.4) is 0 Å². The van der Waals surface area contributed by atoms with Crippen LogP contribution >= 0.6 is 11.3 Å². The van der Waals surface area contributed by atoms with Crippen LogP contribution in [-0.2, 0) is 10.9 Å². The first kappa shape index (κ1) is 15.8. The van der Waals surface area contributed by atoms with Crippen molar-refractivity contribution in [3.8, 4) is 6.07 Å². The summed E-state index contributed by atoms with van der Waals surface area (Å²) >= 11 is 1.53. The van der Waals surface area contributed by atoms with Crippen LogP contribution in [0.4, 0.5) is 19.0 Å². The van der Waals surface area contributed by atoms with E-state index in [4.69, 9.17) is 10.00 Å². The average molecular weight is 339 g/mol. The number of pyridine rings is 1. The van der Waals surface area contributed by atoms with Gasteiger partial charge in [0.05, 0.1) is 18.7 Å². The molecule has 3 rings (SSSR count). The van der Waals surface area contributed by atoms with Gasteiger partial charge in [-0.1, -0.05) is 6.07 Å². The van der Waals surface area contributed by atoms with Crippen molar-refractivity contribution in [1.29, 1.82) is 5.26 Å². The second-order valence-electron chi connectivity index (χ2n) is 5.00. The van der Waals surface area contributed by atoms with Crippen molar-refractivity contribution in [3.05, 3.63) is 45.8 Å². The molecule has 0 N–H and O–H groups in total. The quantitative estimate of drug-likeness (QED) is 0.839. The molecule has 4 nitrogen and oxygen atoms in total. The van der Waals surface area contributed by atoms with E-state index in [9.17, 15) is 13.2 Å². The number of aromatic nitrogens is 1. The Labute approximate surface area is 134 Å². The number of rotatable bonds is 2. The summed E-state index contributed by atoms with van der Waals surface area (Å²) in [5.74, 6) is 0.0622. The van der Waals surface area contributed by atoms with E-state index in [0.29, 0.717) is 19.7 Å². The molecule has 1 aliphatic rings. The van der Waals surface area contributed by atoms with Crippen LogP contribution in [0.25, 0.3) is 0 Å². The third-order valence-corrected chi connectivity index (χ3v) is 4.48. The van der Waals surface area contributed by atoms with Crippen LogP contribution in [0.15, 0.2) is 29.6 Å². The number of ether oxygens (including phenoxy) is 1. The molecule has 2 aromatic rings. The fourth-order valence-electron chi connectivity index (χ4n) is 2.42. The van der Waals surface area contributed by atoms with Crippen LogP contribution in [0.5, 0.6) is 0 Å². The zero-order chi connectivity index (χ0) is 16.4. The molecule has 1 atom stereocenters. The predicted octanol–water partition coefficient (Wildman–Crippen LogP) is 3.61. The summed E-state index contributed by atoms with van der Waals surface area (Å²) in [5.41, 5.74) is -0.865. The molecule has 1 unspecified atom stereocenters. The number of anilines is 1. The van der Waals surface area contributed by atoms with E-state index in [0.717, 1.165) is 10.9 Å². The minimum Gasteiger partial charge on any atom is -0.369 e. The lowest BCUT2D eigenvalue weighted by molar-refractivity contribution is -0.141. The molecule has 0 aliphatic carbocycles. The summed E-state index contributed by atoms with van der Waals surface area (Å²) in [4.78, 5) is 6.36. The lowest BCUT2D eigenvalue weighted by Gasteiger charge is -2.34. The van der Waals surface area contributed by atoms with Gasteiger partial charge in [0.25, 0.3) is 0 Å². The summed E-state index contributed by atoms with van der Waals surface area (Å²) < 4.78 is 44.3. The predicted molar refractivity (Wildman–Crippen MR) is 79.2 cm³/mol. The van der Waals surface area contributed by atoms with E-state index in [1.165, 1.54) is 17.4 Å². The van der Waals surface area contributed by atoms with E-state index in [-0.39, 0.29) is 17.5 Å². The fraction of sp³-hybridized carbons (Fsp3) is 0.333. The largest absolute Gasteiger partial charge is 0.433 e. The molecule has 1 fully saturated rings. The van der Waals surface area contributed by atoms with E-state index in [1.807, 2.05) is 23.6 Å². The monoisotopic (exact) mass is 339 g/mol. The molecular formula is C15H12F3N3OS. The first-order valence-corrected chi connectivity index (χ1v) is 7.75. The van der Waals surface area contributed by atoms with Crippen molar-refractivity contribution in [2.45, 2.75) is 12.3 Å². The highest BCUT2D eigenvalue weighted by molar-refractivity contribution is 7.10. The summed E-state index contributed by atoms with van der Waals surface area (Å²) in [6.07, 6.45) is -4.77. The van der Waals surface area contributed by atoms with Crippen molar-refractivity contribution in [2.75, 3.05) is 24.6 Å². The molecule has 1 aliphatic heterocycles. The van der Waals surface area contributed by atoms with Crippen LogP contribution < -0.4 is 4.90 Å². The third-order valence-electron chi connectivity index (χ3n) is 3.51. The molecule has 3 heterocycles. The molecule has 0 radical (unpaired) electrons. The Morgan fingerprint density at radius 2 is 2.17 bits per heavy atom. The molecule has 0 amide bonds. The molecule has 1 saturated heterocycles. The maximum Gasteiger partial charge on any atom is 0.433 e. The highest BCUT2D eigenvalue weighted by Gasteiger charge is 2.34. The topological polar surface area (TPSA) is 49.2 Å². The molecule has 120 valence electrons. The molecule has 0 spiro atoms. The molecular weight excluding hydrogens is 327 g/mol. The maximum atomic E-state index is 12.9. The third kappa shape index (κ3) is 3.30. The van der Waals surface area contributed by atoms with Crippen molar-refractivity contribution < 1.29 is 17.9 Å². The Morgan fingerprint density at radius 3 is 2.83 bits per heavy atom. The molecule has 0 aromatic carbocycles. The molecule has 0 bridgehead atoms. The Kier molecular flexibility index (Phi) is 4.24. The van der Waals surface area contributed by atoms with Gasteiger partial charge in [0.1, 0.15) is 23.7 Å². The zero-order valence-electron chi connectivity index (χ0n) is 11.9. The normalized spacial score (nSPS) is 18.7. The standard InChI is InChI=1S/C15H12F3N3OS/c16-15(17,18)13-4-3-10(8-19)14(20-13)21-5-6-22-11(9-21)12-2-1-7-23-12/h1-4,7,11H,5-6,9H2. The highest BCUT2D eigenvalue weighted by atomic mass is 32.1. The minimum atomic E-state index is -4.54. The second kappa shape index (κ2) is 6.18. The van der Waals surface area contributed by atoms with Crippen molar-refractivity contribution in [2.24, 2.45) is 0 Å².